The van der Waals surface area contributed by atoms with Crippen LogP contribution in [0.4, 0.5) is 0 Å². The normalized spacial score (nSPS) is 11.8. The van der Waals surface area contributed by atoms with E-state index in [2.05, 4.69) is 21.9 Å². The molecule has 6 nitrogen and oxygen atoms in total. The van der Waals surface area contributed by atoms with Crippen LogP contribution < -0.4 is 5.32 Å². The maximum absolute atomic E-state index is 11.7. The summed E-state index contributed by atoms with van der Waals surface area (Å²) in [7, 11) is 0. The number of benzene rings is 1. The summed E-state index contributed by atoms with van der Waals surface area (Å²) >= 11 is 0. The first-order valence-corrected chi connectivity index (χ1v) is 6.94. The van der Waals surface area contributed by atoms with Crippen LogP contribution in [0.15, 0.2) is 43.1 Å². The van der Waals surface area contributed by atoms with Gasteiger partial charge in [-0.1, -0.05) is 18.2 Å². The molecule has 6 heteroatoms. The highest BCUT2D eigenvalue weighted by Gasteiger charge is 2.21. The van der Waals surface area contributed by atoms with Gasteiger partial charge in [-0.15, -0.1) is 6.58 Å². The highest BCUT2D eigenvalue weighted by atomic mass is 16.4. The molecule has 1 heterocycles. The zero-order valence-electron chi connectivity index (χ0n) is 12.0. The molecule has 114 valence electrons. The second-order valence-corrected chi connectivity index (χ2v) is 4.84. The zero-order chi connectivity index (χ0) is 15.9. The van der Waals surface area contributed by atoms with Gasteiger partial charge in [0.2, 0.25) is 5.91 Å². The summed E-state index contributed by atoms with van der Waals surface area (Å²) in [6, 6.07) is 6.32. The number of aliphatic carboxylic acids is 1. The average molecular weight is 299 g/mol. The van der Waals surface area contributed by atoms with Crippen LogP contribution in [0.25, 0.3) is 11.0 Å². The van der Waals surface area contributed by atoms with E-state index in [1.807, 2.05) is 24.3 Å². The van der Waals surface area contributed by atoms with Crippen LogP contribution in [0.1, 0.15) is 18.5 Å². The van der Waals surface area contributed by atoms with Gasteiger partial charge in [-0.25, -0.2) is 9.78 Å². The molecule has 0 aliphatic carbocycles. The molecule has 0 unspecified atom stereocenters. The fourth-order valence-electron chi connectivity index (χ4n) is 2.00. The Labute approximate surface area is 127 Å². The summed E-state index contributed by atoms with van der Waals surface area (Å²) in [5.74, 6) is -1.41. The first-order valence-electron chi connectivity index (χ1n) is 6.94. The Morgan fingerprint density at radius 3 is 2.73 bits per heavy atom. The lowest BCUT2D eigenvalue weighted by Gasteiger charge is -2.14. The minimum Gasteiger partial charge on any atom is -0.480 e. The van der Waals surface area contributed by atoms with Crippen molar-refractivity contribution in [3.8, 4) is 0 Å². The van der Waals surface area contributed by atoms with Crippen molar-refractivity contribution in [3.63, 3.8) is 0 Å². The third kappa shape index (κ3) is 4.12. The molecule has 1 amide bonds. The number of allylic oxidation sites excluding steroid dienone is 1. The number of nitrogens with zero attached hydrogens (tertiary/aromatic N) is 2. The van der Waals surface area contributed by atoms with Crippen molar-refractivity contribution in [1.82, 2.24) is 15.3 Å². The van der Waals surface area contributed by atoms with Gasteiger partial charge in [0.05, 0.1) is 16.7 Å². The molecule has 0 saturated carbocycles. The van der Waals surface area contributed by atoms with Gasteiger partial charge in [0.1, 0.15) is 6.04 Å². The molecule has 1 atom stereocenters. The first kappa shape index (κ1) is 15.6. The van der Waals surface area contributed by atoms with Gasteiger partial charge in [-0.3, -0.25) is 9.78 Å². The van der Waals surface area contributed by atoms with E-state index in [1.165, 1.54) is 6.20 Å². The van der Waals surface area contributed by atoms with E-state index >= 15 is 0 Å². The van der Waals surface area contributed by atoms with E-state index < -0.39 is 12.0 Å². The van der Waals surface area contributed by atoms with Crippen molar-refractivity contribution in [2.45, 2.75) is 25.3 Å². The van der Waals surface area contributed by atoms with Crippen LogP contribution in [0.5, 0.6) is 0 Å². The number of para-hydroxylation sites is 2. The number of carboxylic acid groups (broad SMARTS) is 1. The van der Waals surface area contributed by atoms with E-state index in [-0.39, 0.29) is 18.7 Å². The Morgan fingerprint density at radius 2 is 2.05 bits per heavy atom. The molecule has 2 aromatic rings. The monoisotopic (exact) mass is 299 g/mol. The lowest BCUT2D eigenvalue weighted by molar-refractivity contribution is -0.141. The SMILES string of the molecule is C=CCCC(=O)N[C@@H](Cc1cnc2ccccc2n1)C(=O)O. The summed E-state index contributed by atoms with van der Waals surface area (Å²) in [4.78, 5) is 31.6. The van der Waals surface area contributed by atoms with Crippen molar-refractivity contribution in [2.75, 3.05) is 0 Å². The van der Waals surface area contributed by atoms with E-state index in [1.54, 1.807) is 6.08 Å². The molecule has 0 aliphatic heterocycles. The van der Waals surface area contributed by atoms with Gasteiger partial charge in [0.15, 0.2) is 0 Å². The van der Waals surface area contributed by atoms with Crippen LogP contribution in [0.2, 0.25) is 0 Å². The standard InChI is InChI=1S/C16H17N3O3/c1-2-3-8-15(20)19-14(16(21)22)9-11-10-17-12-6-4-5-7-13(12)18-11/h2,4-7,10,14H,1,3,8-9H2,(H,19,20)(H,21,22)/t14-/m0/s1. The predicted octanol–water partition coefficient (Wildman–Crippen LogP) is 1.71. The largest absolute Gasteiger partial charge is 0.480 e. The van der Waals surface area contributed by atoms with Crippen LogP contribution in [0.3, 0.4) is 0 Å². The number of carbonyl (C=O) groups excluding carboxylic acids is 1. The summed E-state index contributed by atoms with van der Waals surface area (Å²) in [6.07, 6.45) is 3.97. The topological polar surface area (TPSA) is 92.2 Å². The smallest absolute Gasteiger partial charge is 0.326 e. The Bertz CT molecular complexity index is 700. The fourth-order valence-corrected chi connectivity index (χ4v) is 2.00. The Kier molecular flexibility index (Phi) is 5.19. The molecule has 0 fully saturated rings. The quantitative estimate of drug-likeness (QED) is 0.759. The molecule has 1 aromatic heterocycles. The fraction of sp³-hybridized carbons (Fsp3) is 0.250. The molecule has 1 aromatic carbocycles. The third-order valence-electron chi connectivity index (χ3n) is 3.12. The summed E-state index contributed by atoms with van der Waals surface area (Å²) in [5.41, 5.74) is 1.96. The third-order valence-corrected chi connectivity index (χ3v) is 3.12. The van der Waals surface area contributed by atoms with Crippen LogP contribution in [-0.2, 0) is 16.0 Å². The maximum Gasteiger partial charge on any atom is 0.326 e. The van der Waals surface area contributed by atoms with Crippen molar-refractivity contribution in [1.29, 1.82) is 0 Å². The predicted molar refractivity (Wildman–Crippen MR) is 82.2 cm³/mol. The number of amides is 1. The molecular formula is C16H17N3O3. The Balaban J connectivity index is 2.10. The Hall–Kier alpha value is -2.76. The maximum atomic E-state index is 11.7. The summed E-state index contributed by atoms with van der Waals surface area (Å²) < 4.78 is 0. The number of aromatic nitrogens is 2. The molecule has 2 rings (SSSR count). The van der Waals surface area contributed by atoms with Gasteiger partial charge < -0.3 is 10.4 Å². The van der Waals surface area contributed by atoms with E-state index in [9.17, 15) is 14.7 Å². The minimum atomic E-state index is -1.10. The lowest BCUT2D eigenvalue weighted by Crippen LogP contribution is -2.42. The van der Waals surface area contributed by atoms with Gasteiger partial charge in [0, 0.05) is 19.0 Å². The van der Waals surface area contributed by atoms with Crippen molar-refractivity contribution < 1.29 is 14.7 Å². The van der Waals surface area contributed by atoms with Gasteiger partial charge in [-0.05, 0) is 18.6 Å². The van der Waals surface area contributed by atoms with Crippen molar-refractivity contribution in [2.24, 2.45) is 0 Å². The molecule has 0 spiro atoms. The molecule has 0 radical (unpaired) electrons. The van der Waals surface area contributed by atoms with Gasteiger partial charge in [0.25, 0.3) is 0 Å². The lowest BCUT2D eigenvalue weighted by atomic mass is 10.1. The van der Waals surface area contributed by atoms with E-state index in [0.717, 1.165) is 5.52 Å². The zero-order valence-corrected chi connectivity index (χ0v) is 12.0. The molecule has 0 bridgehead atoms. The van der Waals surface area contributed by atoms with E-state index in [4.69, 9.17) is 0 Å². The molecule has 22 heavy (non-hydrogen) atoms. The van der Waals surface area contributed by atoms with E-state index in [0.29, 0.717) is 17.6 Å². The highest BCUT2D eigenvalue weighted by Crippen LogP contribution is 2.10. The number of carboxylic acids is 1. The summed E-state index contributed by atoms with van der Waals surface area (Å²) in [6.45, 7) is 3.53. The van der Waals surface area contributed by atoms with Gasteiger partial charge in [-0.2, -0.15) is 0 Å². The second-order valence-electron chi connectivity index (χ2n) is 4.84. The van der Waals surface area contributed by atoms with Crippen LogP contribution >= 0.6 is 0 Å². The number of hydrogen-bond donors (Lipinski definition) is 2. The molecular weight excluding hydrogens is 282 g/mol. The molecule has 0 aliphatic rings. The first-order chi connectivity index (χ1) is 10.6. The number of carbonyl (C=O) groups is 2. The van der Waals surface area contributed by atoms with Crippen LogP contribution in [-0.4, -0.2) is 33.0 Å². The van der Waals surface area contributed by atoms with Crippen LogP contribution in [0, 0.1) is 0 Å². The molecule has 0 saturated heterocycles. The average Bonchev–Trinajstić information content (AvgIpc) is 2.52. The number of fused-ring (bicyclic) bond motifs is 1. The number of nitrogens with one attached hydrogen (secondary N) is 1. The van der Waals surface area contributed by atoms with Crippen molar-refractivity contribution in [3.05, 3.63) is 48.8 Å². The number of rotatable bonds is 7. The second kappa shape index (κ2) is 7.31. The summed E-state index contributed by atoms with van der Waals surface area (Å²) in [5, 5.41) is 11.7. The van der Waals surface area contributed by atoms with Gasteiger partial charge >= 0.3 is 5.97 Å². The number of hydrogen-bond acceptors (Lipinski definition) is 4. The Morgan fingerprint density at radius 1 is 1.32 bits per heavy atom. The highest BCUT2D eigenvalue weighted by molar-refractivity contribution is 5.83. The van der Waals surface area contributed by atoms with Crippen molar-refractivity contribution >= 4 is 22.9 Å². The molecule has 2 N–H and O–H groups in total. The minimum absolute atomic E-state index is 0.0903.